The van der Waals surface area contributed by atoms with Crippen LogP contribution in [0.1, 0.15) is 33.4 Å². The predicted molar refractivity (Wildman–Crippen MR) is 188 cm³/mol. The van der Waals surface area contributed by atoms with Crippen LogP contribution in [-0.4, -0.2) is 45.2 Å². The van der Waals surface area contributed by atoms with E-state index in [1.165, 1.54) is 0 Å². The van der Waals surface area contributed by atoms with E-state index in [2.05, 4.69) is 39.1 Å². The number of ether oxygens (including phenoxy) is 1. The lowest BCUT2D eigenvalue weighted by atomic mass is 9.78. The molecule has 0 radical (unpaired) electrons. The third kappa shape index (κ3) is 6.94. The first-order valence-electron chi connectivity index (χ1n) is 15.9. The Hall–Kier alpha value is -5.08. The summed E-state index contributed by atoms with van der Waals surface area (Å²) in [6.07, 6.45) is -4.80. The lowest BCUT2D eigenvalue weighted by Gasteiger charge is -2.40. The molecule has 1 heterocycles. The standard InChI is InChI=1S/C40H39F3N4O/c1-45(2)26-31-15-24-36-37(25-31)44-38(40(41,42)43)48-39(36,32-16-20-34(21-17-32)46(3)27-29-11-7-5-8-12-29)33-18-22-35(23-19-33)47(4)28-30-13-9-6-10-14-30/h5-25H,26-28H2,1-4H3. The van der Waals surface area contributed by atoms with Crippen molar-refractivity contribution in [1.29, 1.82) is 0 Å². The van der Waals surface area contributed by atoms with Crippen molar-refractivity contribution in [3.63, 3.8) is 0 Å². The number of fused-ring (bicyclic) bond motifs is 1. The van der Waals surface area contributed by atoms with Crippen molar-refractivity contribution in [1.82, 2.24) is 4.90 Å². The van der Waals surface area contributed by atoms with Crippen molar-refractivity contribution in [3.8, 4) is 0 Å². The van der Waals surface area contributed by atoms with E-state index in [1.807, 2.05) is 130 Å². The van der Waals surface area contributed by atoms with Crippen LogP contribution >= 0.6 is 0 Å². The summed E-state index contributed by atoms with van der Waals surface area (Å²) in [7, 11) is 7.83. The Labute approximate surface area is 280 Å². The molecule has 0 saturated carbocycles. The van der Waals surface area contributed by atoms with Gasteiger partial charge in [-0.05, 0) is 61.1 Å². The van der Waals surface area contributed by atoms with Gasteiger partial charge in [-0.25, -0.2) is 4.99 Å². The predicted octanol–water partition coefficient (Wildman–Crippen LogP) is 8.94. The van der Waals surface area contributed by atoms with Crippen LogP contribution in [0, 0.1) is 0 Å². The molecular weight excluding hydrogens is 609 g/mol. The zero-order valence-electron chi connectivity index (χ0n) is 27.6. The van der Waals surface area contributed by atoms with Gasteiger partial charge in [0.2, 0.25) is 0 Å². The van der Waals surface area contributed by atoms with Crippen molar-refractivity contribution in [2.75, 3.05) is 38.0 Å². The number of aliphatic imine (C=N–C) groups is 1. The number of nitrogens with zero attached hydrogens (tertiary/aromatic N) is 4. The third-order valence-electron chi connectivity index (χ3n) is 8.61. The van der Waals surface area contributed by atoms with Crippen LogP contribution < -0.4 is 9.80 Å². The Morgan fingerprint density at radius 1 is 0.583 bits per heavy atom. The van der Waals surface area contributed by atoms with Gasteiger partial charge in [0.25, 0.3) is 5.90 Å². The average molecular weight is 649 g/mol. The number of hydrogen-bond acceptors (Lipinski definition) is 5. The van der Waals surface area contributed by atoms with E-state index >= 15 is 0 Å². The van der Waals surface area contributed by atoms with E-state index in [1.54, 1.807) is 6.07 Å². The number of halogens is 3. The topological polar surface area (TPSA) is 31.3 Å². The Kier molecular flexibility index (Phi) is 9.29. The fourth-order valence-electron chi connectivity index (χ4n) is 6.28. The molecule has 0 spiro atoms. The maximum Gasteiger partial charge on any atom is 0.468 e. The lowest BCUT2D eigenvalue weighted by Crippen LogP contribution is -2.42. The van der Waals surface area contributed by atoms with Gasteiger partial charge >= 0.3 is 6.18 Å². The van der Waals surface area contributed by atoms with Crippen molar-refractivity contribution in [2.45, 2.75) is 31.4 Å². The van der Waals surface area contributed by atoms with E-state index in [0.29, 0.717) is 36.3 Å². The quantitative estimate of drug-likeness (QED) is 0.151. The molecule has 5 aromatic rings. The summed E-state index contributed by atoms with van der Waals surface area (Å²) in [5.41, 5.74) is 5.35. The zero-order valence-corrected chi connectivity index (χ0v) is 27.6. The number of anilines is 2. The summed E-state index contributed by atoms with van der Waals surface area (Å²) in [5, 5.41) is 0. The second-order valence-corrected chi connectivity index (χ2v) is 12.6. The molecule has 8 heteroatoms. The Morgan fingerprint density at radius 3 is 1.50 bits per heavy atom. The highest BCUT2D eigenvalue weighted by atomic mass is 19.4. The summed E-state index contributed by atoms with van der Waals surface area (Å²) in [6, 6.07) is 41.0. The Morgan fingerprint density at radius 2 is 1.06 bits per heavy atom. The largest absolute Gasteiger partial charge is 0.468 e. The molecule has 48 heavy (non-hydrogen) atoms. The molecule has 0 amide bonds. The first-order chi connectivity index (χ1) is 23.0. The second kappa shape index (κ2) is 13.6. The SMILES string of the molecule is CN(C)Cc1ccc2c(c1)N=C(C(F)(F)F)OC2(c1ccc(N(C)Cc2ccccc2)cc1)c1ccc(N(C)Cc2ccccc2)cc1. The van der Waals surface area contributed by atoms with Gasteiger partial charge in [0.15, 0.2) is 5.60 Å². The molecule has 1 aliphatic rings. The number of benzene rings is 5. The van der Waals surface area contributed by atoms with Crippen LogP contribution in [0.5, 0.6) is 0 Å². The third-order valence-corrected chi connectivity index (χ3v) is 8.61. The Bertz CT molecular complexity index is 1760. The first-order valence-corrected chi connectivity index (χ1v) is 15.9. The highest BCUT2D eigenvalue weighted by molar-refractivity contribution is 5.89. The van der Waals surface area contributed by atoms with Crippen molar-refractivity contribution in [3.05, 3.63) is 161 Å². The molecule has 5 nitrogen and oxygen atoms in total. The van der Waals surface area contributed by atoms with Gasteiger partial charge in [0.1, 0.15) is 0 Å². The minimum atomic E-state index is -4.80. The highest BCUT2D eigenvalue weighted by Gasteiger charge is 2.51. The van der Waals surface area contributed by atoms with Crippen molar-refractivity contribution < 1.29 is 17.9 Å². The average Bonchev–Trinajstić information content (AvgIpc) is 3.08. The van der Waals surface area contributed by atoms with Gasteiger partial charge in [-0.2, -0.15) is 13.2 Å². The van der Waals surface area contributed by atoms with Crippen LogP contribution in [0.2, 0.25) is 0 Å². The fraction of sp³-hybridized carbons (Fsp3) is 0.225. The highest BCUT2D eigenvalue weighted by Crippen LogP contribution is 2.49. The van der Waals surface area contributed by atoms with E-state index in [0.717, 1.165) is 28.1 Å². The summed E-state index contributed by atoms with van der Waals surface area (Å²) in [4.78, 5) is 10.2. The maximum atomic E-state index is 14.6. The normalized spacial score (nSPS) is 13.8. The van der Waals surface area contributed by atoms with E-state index < -0.39 is 17.7 Å². The first kappa shape index (κ1) is 32.8. The molecule has 1 aliphatic heterocycles. The number of alkyl halides is 3. The van der Waals surface area contributed by atoms with Crippen molar-refractivity contribution >= 4 is 23.0 Å². The monoisotopic (exact) mass is 648 g/mol. The Balaban J connectivity index is 1.45. The molecule has 0 saturated heterocycles. The molecule has 5 aromatic carbocycles. The molecule has 246 valence electrons. The van der Waals surface area contributed by atoms with Crippen LogP contribution in [-0.2, 0) is 30.0 Å². The molecule has 0 fully saturated rings. The van der Waals surface area contributed by atoms with Gasteiger partial charge < -0.3 is 19.4 Å². The van der Waals surface area contributed by atoms with Gasteiger partial charge in [0.05, 0.1) is 5.69 Å². The smallest absolute Gasteiger partial charge is 0.453 e. The zero-order chi connectivity index (χ0) is 33.9. The van der Waals surface area contributed by atoms with Crippen LogP contribution in [0.4, 0.5) is 30.2 Å². The lowest BCUT2D eigenvalue weighted by molar-refractivity contribution is -0.0887. The molecule has 0 unspecified atom stereocenters. The van der Waals surface area contributed by atoms with E-state index in [4.69, 9.17) is 4.74 Å². The second-order valence-electron chi connectivity index (χ2n) is 12.6. The van der Waals surface area contributed by atoms with Gasteiger partial charge in [-0.1, -0.05) is 97.1 Å². The van der Waals surface area contributed by atoms with Gasteiger partial charge in [-0.15, -0.1) is 0 Å². The summed E-state index contributed by atoms with van der Waals surface area (Å²) in [6.45, 7) is 1.92. The van der Waals surface area contributed by atoms with E-state index in [-0.39, 0.29) is 5.69 Å². The van der Waals surface area contributed by atoms with Gasteiger partial charge in [-0.3, -0.25) is 0 Å². The van der Waals surface area contributed by atoms with Crippen LogP contribution in [0.15, 0.2) is 132 Å². The number of rotatable bonds is 10. The molecule has 0 bridgehead atoms. The molecule has 0 atom stereocenters. The molecule has 6 rings (SSSR count). The van der Waals surface area contributed by atoms with Crippen LogP contribution in [0.25, 0.3) is 0 Å². The minimum Gasteiger partial charge on any atom is -0.453 e. The minimum absolute atomic E-state index is 0.239. The summed E-state index contributed by atoms with van der Waals surface area (Å²) in [5.74, 6) is -1.27. The maximum absolute atomic E-state index is 14.6. The van der Waals surface area contributed by atoms with E-state index in [9.17, 15) is 13.2 Å². The fourth-order valence-corrected chi connectivity index (χ4v) is 6.28. The molecule has 0 N–H and O–H groups in total. The molecule has 0 aromatic heterocycles. The van der Waals surface area contributed by atoms with Crippen LogP contribution in [0.3, 0.4) is 0 Å². The van der Waals surface area contributed by atoms with Crippen molar-refractivity contribution in [2.24, 2.45) is 4.99 Å². The molecule has 0 aliphatic carbocycles. The summed E-state index contributed by atoms with van der Waals surface area (Å²) < 4.78 is 49.9. The number of hydrogen-bond donors (Lipinski definition) is 0. The van der Waals surface area contributed by atoms with Gasteiger partial charge in [0, 0.05) is 61.8 Å². The molecular formula is C40H39F3N4O. The summed E-state index contributed by atoms with van der Waals surface area (Å²) >= 11 is 0.